The van der Waals surface area contributed by atoms with Crippen molar-refractivity contribution in [3.63, 3.8) is 0 Å². The Balaban J connectivity index is 1.06. The van der Waals surface area contributed by atoms with Gasteiger partial charge in [-0.05, 0) is 80.9 Å². The number of benzene rings is 8. The van der Waals surface area contributed by atoms with Crippen LogP contribution in [0.4, 0.5) is 0 Å². The summed E-state index contributed by atoms with van der Waals surface area (Å²) in [7, 11) is 0. The molecule has 0 spiro atoms. The van der Waals surface area contributed by atoms with Gasteiger partial charge in [-0.1, -0.05) is 133 Å². The van der Waals surface area contributed by atoms with Crippen molar-refractivity contribution in [2.24, 2.45) is 0 Å². The van der Waals surface area contributed by atoms with Gasteiger partial charge in [0, 0.05) is 56.2 Å². The summed E-state index contributed by atoms with van der Waals surface area (Å²) in [6, 6.07) is 63.0. The number of nitrogens with zero attached hydrogens (tertiary/aromatic N) is 5. The second kappa shape index (κ2) is 13.6. The van der Waals surface area contributed by atoms with Crippen molar-refractivity contribution in [2.75, 3.05) is 0 Å². The Bertz CT molecular complexity index is 3460. The van der Waals surface area contributed by atoms with E-state index in [1.807, 2.05) is 85.2 Å². The third kappa shape index (κ3) is 5.47. The molecule has 0 amide bonds. The molecule has 8 aromatic carbocycles. The van der Waals surface area contributed by atoms with E-state index in [1.54, 1.807) is 0 Å². The zero-order valence-electron chi connectivity index (χ0n) is 31.1. The summed E-state index contributed by atoms with van der Waals surface area (Å²) in [5, 5.41) is 17.1. The normalized spacial score (nSPS) is 11.4. The van der Waals surface area contributed by atoms with Crippen molar-refractivity contribution in [1.82, 2.24) is 19.9 Å². The monoisotopic (exact) mass is 737 g/mol. The first-order valence-electron chi connectivity index (χ1n) is 19.3. The van der Waals surface area contributed by atoms with Crippen molar-refractivity contribution in [2.45, 2.75) is 0 Å². The van der Waals surface area contributed by atoms with Crippen LogP contribution in [-0.4, -0.2) is 19.9 Å². The van der Waals surface area contributed by atoms with E-state index in [2.05, 4.69) is 109 Å². The van der Waals surface area contributed by atoms with Gasteiger partial charge in [0.05, 0.1) is 33.9 Å². The molecule has 0 saturated carbocycles. The molecule has 5 heteroatoms. The predicted molar refractivity (Wildman–Crippen MR) is 237 cm³/mol. The summed E-state index contributed by atoms with van der Waals surface area (Å²) in [6.45, 7) is 0. The quantitative estimate of drug-likeness (QED) is 0.164. The zero-order valence-corrected chi connectivity index (χ0v) is 31.1. The third-order valence-electron chi connectivity index (χ3n) is 11.2. The molecular weight excluding hydrogens is 707 g/mol. The second-order valence-electron chi connectivity index (χ2n) is 14.5. The molecule has 0 fully saturated rings. The number of hydrogen-bond donors (Lipinski definition) is 0. The first-order chi connectivity index (χ1) is 28.7. The molecule has 268 valence electrons. The van der Waals surface area contributed by atoms with Crippen LogP contribution in [-0.2, 0) is 0 Å². The van der Waals surface area contributed by atoms with Gasteiger partial charge < -0.3 is 0 Å². The van der Waals surface area contributed by atoms with Crippen LogP contribution in [0.2, 0.25) is 0 Å². The van der Waals surface area contributed by atoms with E-state index in [-0.39, 0.29) is 0 Å². The Morgan fingerprint density at radius 3 is 1.64 bits per heavy atom. The van der Waals surface area contributed by atoms with Crippen molar-refractivity contribution in [3.8, 4) is 62.1 Å². The number of rotatable bonds is 5. The van der Waals surface area contributed by atoms with Crippen molar-refractivity contribution < 1.29 is 0 Å². The lowest BCUT2D eigenvalue weighted by Gasteiger charge is -2.16. The van der Waals surface area contributed by atoms with E-state index in [0.29, 0.717) is 11.4 Å². The van der Waals surface area contributed by atoms with Gasteiger partial charge in [-0.3, -0.25) is 9.97 Å². The highest BCUT2D eigenvalue weighted by molar-refractivity contribution is 6.22. The number of nitriles is 1. The summed E-state index contributed by atoms with van der Waals surface area (Å²) >= 11 is 0. The number of para-hydroxylation sites is 1. The first kappa shape index (κ1) is 33.3. The van der Waals surface area contributed by atoms with Gasteiger partial charge in [0.1, 0.15) is 0 Å². The minimum Gasteiger partial charge on any atom is -0.256 e. The lowest BCUT2D eigenvalue weighted by molar-refractivity contribution is 1.23. The molecule has 11 rings (SSSR count). The topological polar surface area (TPSA) is 75.3 Å². The lowest BCUT2D eigenvalue weighted by atomic mass is 9.90. The van der Waals surface area contributed by atoms with Crippen molar-refractivity contribution >= 4 is 54.3 Å². The molecule has 0 atom stereocenters. The fourth-order valence-corrected chi connectivity index (χ4v) is 8.47. The molecule has 0 aliphatic rings. The smallest absolute Gasteiger partial charge is 0.160 e. The summed E-state index contributed by atoms with van der Waals surface area (Å²) < 4.78 is 0. The van der Waals surface area contributed by atoms with Crippen LogP contribution in [0, 0.1) is 11.3 Å². The van der Waals surface area contributed by atoms with Crippen LogP contribution < -0.4 is 0 Å². The molecule has 58 heavy (non-hydrogen) atoms. The molecule has 3 heterocycles. The third-order valence-corrected chi connectivity index (χ3v) is 11.2. The molecule has 0 saturated heterocycles. The van der Waals surface area contributed by atoms with Crippen LogP contribution in [0.3, 0.4) is 0 Å². The number of fused-ring (bicyclic) bond motifs is 7. The molecule has 0 aliphatic carbocycles. The van der Waals surface area contributed by atoms with Crippen molar-refractivity contribution in [3.05, 3.63) is 194 Å². The van der Waals surface area contributed by atoms with Gasteiger partial charge in [-0.15, -0.1) is 0 Å². The molecule has 0 unspecified atom stereocenters. The van der Waals surface area contributed by atoms with Crippen LogP contribution in [0.15, 0.2) is 188 Å². The maximum atomic E-state index is 9.72. The Kier molecular flexibility index (Phi) is 7.80. The highest BCUT2D eigenvalue weighted by Crippen LogP contribution is 2.42. The Morgan fingerprint density at radius 1 is 0.362 bits per heavy atom. The Morgan fingerprint density at radius 2 is 0.931 bits per heavy atom. The first-order valence-corrected chi connectivity index (χ1v) is 19.3. The van der Waals surface area contributed by atoms with E-state index in [9.17, 15) is 5.26 Å². The van der Waals surface area contributed by atoms with E-state index in [0.717, 1.165) is 104 Å². The van der Waals surface area contributed by atoms with E-state index in [4.69, 9.17) is 19.9 Å². The van der Waals surface area contributed by atoms with Gasteiger partial charge >= 0.3 is 0 Å². The van der Waals surface area contributed by atoms with Crippen LogP contribution in [0.1, 0.15) is 5.56 Å². The van der Waals surface area contributed by atoms with Crippen LogP contribution >= 0.6 is 0 Å². The molecule has 0 bridgehead atoms. The summed E-state index contributed by atoms with van der Waals surface area (Å²) in [6.07, 6.45) is 3.74. The molecule has 0 aliphatic heterocycles. The maximum Gasteiger partial charge on any atom is 0.160 e. The molecular formula is C53H31N5. The van der Waals surface area contributed by atoms with E-state index in [1.165, 1.54) is 0 Å². The van der Waals surface area contributed by atoms with Gasteiger partial charge in [0.2, 0.25) is 0 Å². The highest BCUT2D eigenvalue weighted by atomic mass is 14.9. The van der Waals surface area contributed by atoms with Gasteiger partial charge in [0.15, 0.2) is 5.82 Å². The van der Waals surface area contributed by atoms with Crippen LogP contribution in [0.25, 0.3) is 110 Å². The van der Waals surface area contributed by atoms with Gasteiger partial charge in [0.25, 0.3) is 0 Å². The molecule has 5 nitrogen and oxygen atoms in total. The standard InChI is InChI=1S/C53H31N5/c54-32-38-25-26-40(41-16-5-4-15-39(38)41)33-21-23-34(24-22-33)45-30-47-43-19-10-28-56-52(43)46(31-48(47)42-18-9-27-55-51(42)45)36-13-8-14-37(29-36)53-57-49-20-7-6-17-44(49)50(58-53)35-11-2-1-3-12-35/h1-31H. The van der Waals surface area contributed by atoms with E-state index < -0.39 is 0 Å². The lowest BCUT2D eigenvalue weighted by Crippen LogP contribution is -1.96. The summed E-state index contributed by atoms with van der Waals surface area (Å²) in [4.78, 5) is 20.2. The average Bonchev–Trinajstić information content (AvgIpc) is 3.30. The minimum absolute atomic E-state index is 0.676. The largest absolute Gasteiger partial charge is 0.256 e. The minimum atomic E-state index is 0.676. The highest BCUT2D eigenvalue weighted by Gasteiger charge is 2.18. The Hall–Kier alpha value is -8.07. The summed E-state index contributed by atoms with van der Waals surface area (Å²) in [5.41, 5.74) is 12.7. The maximum absolute atomic E-state index is 9.72. The molecule has 11 aromatic rings. The average molecular weight is 738 g/mol. The van der Waals surface area contributed by atoms with Crippen LogP contribution in [0.5, 0.6) is 0 Å². The number of pyridine rings is 2. The molecule has 3 aromatic heterocycles. The Labute approximate surface area is 334 Å². The summed E-state index contributed by atoms with van der Waals surface area (Å²) in [5.74, 6) is 0.676. The molecule has 0 radical (unpaired) electrons. The second-order valence-corrected chi connectivity index (χ2v) is 14.5. The van der Waals surface area contributed by atoms with Gasteiger partial charge in [-0.25, -0.2) is 9.97 Å². The molecule has 0 N–H and O–H groups in total. The van der Waals surface area contributed by atoms with E-state index >= 15 is 0 Å². The predicted octanol–water partition coefficient (Wildman–Crippen LogP) is 13.2. The number of hydrogen-bond acceptors (Lipinski definition) is 5. The fraction of sp³-hybridized carbons (Fsp3) is 0. The SMILES string of the molecule is N#Cc1ccc(-c2ccc(-c3cc4c5cccnc5c(-c5cccc(-c6nc(-c7ccccc7)c7ccccc7n6)c5)cc4c4cccnc34)cc2)c2ccccc12. The number of aromatic nitrogens is 4. The zero-order chi connectivity index (χ0) is 38.6. The van der Waals surface area contributed by atoms with Gasteiger partial charge in [-0.2, -0.15) is 5.26 Å². The fourth-order valence-electron chi connectivity index (χ4n) is 8.47. The van der Waals surface area contributed by atoms with Crippen molar-refractivity contribution in [1.29, 1.82) is 5.26 Å².